The summed E-state index contributed by atoms with van der Waals surface area (Å²) in [5.41, 5.74) is 1.24. The first kappa shape index (κ1) is 11.9. The predicted octanol–water partition coefficient (Wildman–Crippen LogP) is 4.17. The van der Waals surface area contributed by atoms with Gasteiger partial charge in [-0.15, -0.1) is 11.6 Å². The van der Waals surface area contributed by atoms with Crippen LogP contribution in [-0.2, 0) is 4.74 Å². The Hall–Kier alpha value is -0.530. The molecule has 1 aliphatic rings. The molecule has 1 aliphatic carbocycles. The van der Waals surface area contributed by atoms with Crippen molar-refractivity contribution in [2.24, 2.45) is 5.92 Å². The van der Waals surface area contributed by atoms with Gasteiger partial charge in [-0.25, -0.2) is 0 Å². The molecule has 1 nitrogen and oxygen atoms in total. The second-order valence-electron chi connectivity index (χ2n) is 4.53. The molecule has 0 spiro atoms. The fourth-order valence-corrected chi connectivity index (χ4v) is 2.73. The Labute approximate surface area is 103 Å². The highest BCUT2D eigenvalue weighted by atomic mass is 35.5. The van der Waals surface area contributed by atoms with Gasteiger partial charge >= 0.3 is 0 Å². The van der Waals surface area contributed by atoms with E-state index in [1.54, 1.807) is 0 Å². The third-order valence-electron chi connectivity index (χ3n) is 3.30. The van der Waals surface area contributed by atoms with Gasteiger partial charge in [0.2, 0.25) is 0 Å². The number of alkyl halides is 1. The highest BCUT2D eigenvalue weighted by Gasteiger charge is 2.31. The Kier molecular flexibility index (Phi) is 4.25. The van der Waals surface area contributed by atoms with Gasteiger partial charge in [-0.05, 0) is 37.7 Å². The van der Waals surface area contributed by atoms with Crippen LogP contribution in [0, 0.1) is 5.92 Å². The molecule has 0 heterocycles. The lowest BCUT2D eigenvalue weighted by atomic mass is 9.78. The minimum Gasteiger partial charge on any atom is -0.378 e. The Morgan fingerprint density at radius 2 is 2.00 bits per heavy atom. The molecule has 0 radical (unpaired) electrons. The second kappa shape index (κ2) is 5.70. The largest absolute Gasteiger partial charge is 0.378 e. The Balaban J connectivity index is 1.75. The molecule has 0 bridgehead atoms. The molecule has 1 fully saturated rings. The van der Waals surface area contributed by atoms with Gasteiger partial charge in [-0.2, -0.15) is 0 Å². The van der Waals surface area contributed by atoms with Crippen molar-refractivity contribution in [2.45, 2.75) is 37.7 Å². The topological polar surface area (TPSA) is 9.23 Å². The second-order valence-corrected chi connectivity index (χ2v) is 5.06. The molecular weight excluding hydrogens is 220 g/mol. The Morgan fingerprint density at radius 3 is 2.62 bits per heavy atom. The van der Waals surface area contributed by atoms with Gasteiger partial charge in [0.1, 0.15) is 0 Å². The zero-order valence-electron chi connectivity index (χ0n) is 9.73. The summed E-state index contributed by atoms with van der Waals surface area (Å²) in [6.07, 6.45) is 3.94. The lowest BCUT2D eigenvalue weighted by molar-refractivity contribution is -0.0267. The molecular formula is C14H19ClO. The first-order chi connectivity index (χ1) is 7.79. The Bertz CT molecular complexity index is 306. The highest BCUT2D eigenvalue weighted by Crippen LogP contribution is 2.39. The molecule has 16 heavy (non-hydrogen) atoms. The third-order valence-corrected chi connectivity index (χ3v) is 3.73. The number of rotatable bonds is 5. The van der Waals surface area contributed by atoms with E-state index < -0.39 is 0 Å². The Morgan fingerprint density at radius 1 is 1.31 bits per heavy atom. The number of hydrogen-bond donors (Lipinski definition) is 0. The first-order valence-electron chi connectivity index (χ1n) is 6.10. The highest BCUT2D eigenvalue weighted by molar-refractivity contribution is 6.20. The van der Waals surface area contributed by atoms with Crippen LogP contribution < -0.4 is 0 Å². The number of hydrogen-bond acceptors (Lipinski definition) is 1. The van der Waals surface area contributed by atoms with Gasteiger partial charge < -0.3 is 4.74 Å². The van der Waals surface area contributed by atoms with Crippen LogP contribution in [0.2, 0.25) is 0 Å². The lowest BCUT2D eigenvalue weighted by Crippen LogP contribution is -2.31. The van der Waals surface area contributed by atoms with Crippen molar-refractivity contribution < 1.29 is 4.74 Å². The van der Waals surface area contributed by atoms with Gasteiger partial charge in [-0.1, -0.05) is 30.3 Å². The monoisotopic (exact) mass is 238 g/mol. The molecule has 0 aromatic heterocycles. The molecule has 0 N–H and O–H groups in total. The predicted molar refractivity (Wildman–Crippen MR) is 67.8 cm³/mol. The van der Waals surface area contributed by atoms with Gasteiger partial charge in [0.25, 0.3) is 0 Å². The molecule has 1 unspecified atom stereocenters. The van der Waals surface area contributed by atoms with E-state index in [2.05, 4.69) is 31.2 Å². The zero-order chi connectivity index (χ0) is 11.4. The van der Waals surface area contributed by atoms with Crippen LogP contribution in [-0.4, -0.2) is 12.7 Å². The van der Waals surface area contributed by atoms with Crippen molar-refractivity contribution in [2.75, 3.05) is 6.61 Å². The fraction of sp³-hybridized carbons (Fsp3) is 0.571. The summed E-state index contributed by atoms with van der Waals surface area (Å²) in [7, 11) is 0. The molecule has 2 rings (SSSR count). The van der Waals surface area contributed by atoms with E-state index in [0.29, 0.717) is 6.10 Å². The minimum atomic E-state index is 0.161. The first-order valence-corrected chi connectivity index (χ1v) is 6.53. The maximum absolute atomic E-state index is 6.40. The van der Waals surface area contributed by atoms with Crippen molar-refractivity contribution in [3.05, 3.63) is 35.9 Å². The lowest BCUT2D eigenvalue weighted by Gasteiger charge is -2.36. The molecule has 2 heteroatoms. The summed E-state index contributed by atoms with van der Waals surface area (Å²) in [4.78, 5) is 0. The van der Waals surface area contributed by atoms with E-state index >= 15 is 0 Å². The molecule has 0 amide bonds. The quantitative estimate of drug-likeness (QED) is 0.700. The van der Waals surface area contributed by atoms with Crippen LogP contribution in [0.15, 0.2) is 30.3 Å². The minimum absolute atomic E-state index is 0.161. The van der Waals surface area contributed by atoms with Crippen molar-refractivity contribution in [3.63, 3.8) is 0 Å². The number of halogens is 1. The van der Waals surface area contributed by atoms with Gasteiger partial charge in [0.05, 0.1) is 11.5 Å². The van der Waals surface area contributed by atoms with E-state index in [1.807, 2.05) is 6.07 Å². The van der Waals surface area contributed by atoms with Crippen molar-refractivity contribution in [1.29, 1.82) is 0 Å². The average Bonchev–Trinajstić information content (AvgIpc) is 2.27. The van der Waals surface area contributed by atoms with Crippen LogP contribution in [0.5, 0.6) is 0 Å². The molecule has 1 atom stereocenters. The van der Waals surface area contributed by atoms with Crippen molar-refractivity contribution in [3.8, 4) is 0 Å². The number of benzene rings is 1. The molecule has 88 valence electrons. The summed E-state index contributed by atoms with van der Waals surface area (Å²) >= 11 is 6.40. The molecule has 1 aromatic rings. The van der Waals surface area contributed by atoms with Gasteiger partial charge in [0.15, 0.2) is 0 Å². The van der Waals surface area contributed by atoms with E-state index in [-0.39, 0.29) is 5.38 Å². The van der Waals surface area contributed by atoms with Gasteiger partial charge in [0, 0.05) is 6.61 Å². The molecule has 1 saturated carbocycles. The van der Waals surface area contributed by atoms with E-state index in [4.69, 9.17) is 16.3 Å². The summed E-state index contributed by atoms with van der Waals surface area (Å²) in [6, 6.07) is 10.3. The SMILES string of the molecule is CCOC1CC(CC(Cl)c2ccccc2)C1. The summed E-state index contributed by atoms with van der Waals surface area (Å²) in [5, 5.41) is 0.161. The van der Waals surface area contributed by atoms with Crippen LogP contribution in [0.1, 0.15) is 37.1 Å². The normalized spacial score (nSPS) is 26.1. The zero-order valence-corrected chi connectivity index (χ0v) is 10.5. The third kappa shape index (κ3) is 2.99. The maximum Gasteiger partial charge on any atom is 0.0587 e. The standard InChI is InChI=1S/C14H19ClO/c1-2-16-13-8-11(9-13)10-14(15)12-6-4-3-5-7-12/h3-7,11,13-14H,2,8-10H2,1H3. The van der Waals surface area contributed by atoms with Crippen LogP contribution in [0.25, 0.3) is 0 Å². The van der Waals surface area contributed by atoms with Crippen molar-refractivity contribution >= 4 is 11.6 Å². The average molecular weight is 239 g/mol. The maximum atomic E-state index is 6.40. The van der Waals surface area contributed by atoms with Crippen LogP contribution in [0.3, 0.4) is 0 Å². The van der Waals surface area contributed by atoms with Gasteiger partial charge in [-0.3, -0.25) is 0 Å². The summed E-state index contributed by atoms with van der Waals surface area (Å²) in [5.74, 6) is 0.749. The van der Waals surface area contributed by atoms with Crippen LogP contribution >= 0.6 is 11.6 Å². The van der Waals surface area contributed by atoms with Crippen molar-refractivity contribution in [1.82, 2.24) is 0 Å². The summed E-state index contributed by atoms with van der Waals surface area (Å²) < 4.78 is 5.55. The summed E-state index contributed by atoms with van der Waals surface area (Å²) in [6.45, 7) is 2.89. The molecule has 0 aliphatic heterocycles. The fourth-order valence-electron chi connectivity index (χ4n) is 2.33. The van der Waals surface area contributed by atoms with Crippen LogP contribution in [0.4, 0.5) is 0 Å². The molecule has 0 saturated heterocycles. The molecule has 1 aromatic carbocycles. The number of ether oxygens (including phenoxy) is 1. The van der Waals surface area contributed by atoms with E-state index in [1.165, 1.54) is 18.4 Å². The smallest absolute Gasteiger partial charge is 0.0587 e. The van der Waals surface area contributed by atoms with E-state index in [0.717, 1.165) is 18.9 Å². The van der Waals surface area contributed by atoms with E-state index in [9.17, 15) is 0 Å².